The number of aryl methyl sites for hydroxylation is 1. The maximum atomic E-state index is 5.86. The Balaban J connectivity index is 2.04. The van der Waals surface area contributed by atoms with Gasteiger partial charge >= 0.3 is 0 Å². The fraction of sp³-hybridized carbons (Fsp3) is 0.364. The maximum absolute atomic E-state index is 5.86. The molecule has 2 aromatic rings. The average Bonchev–Trinajstić information content (AvgIpc) is 3.02. The largest absolute Gasteiger partial charge is 0.396 e. The number of hydrogen-bond donors (Lipinski definition) is 1. The Kier molecular flexibility index (Phi) is 1.92. The summed E-state index contributed by atoms with van der Waals surface area (Å²) in [6.07, 6.45) is 5.89. The standard InChI is InChI=1S/C11H13N5/c1-7-4-5-16(15-7)11-13-6-9(12)10(14-11)8-2-3-8/h4-6,8H,2-3,12H2,1H3. The first-order chi connectivity index (χ1) is 7.74. The molecule has 2 heterocycles. The Morgan fingerprint density at radius 1 is 1.44 bits per heavy atom. The molecule has 0 spiro atoms. The van der Waals surface area contributed by atoms with Crippen molar-refractivity contribution in [3.63, 3.8) is 0 Å². The summed E-state index contributed by atoms with van der Waals surface area (Å²) in [5.74, 6) is 1.13. The molecule has 0 atom stereocenters. The van der Waals surface area contributed by atoms with Crippen molar-refractivity contribution in [2.45, 2.75) is 25.7 Å². The number of nitrogens with zero attached hydrogens (tertiary/aromatic N) is 4. The summed E-state index contributed by atoms with van der Waals surface area (Å²) in [6.45, 7) is 1.94. The molecule has 0 unspecified atom stereocenters. The van der Waals surface area contributed by atoms with Gasteiger partial charge < -0.3 is 5.73 Å². The first kappa shape index (κ1) is 9.33. The van der Waals surface area contributed by atoms with Gasteiger partial charge in [0.2, 0.25) is 0 Å². The van der Waals surface area contributed by atoms with Crippen LogP contribution in [-0.4, -0.2) is 19.7 Å². The van der Waals surface area contributed by atoms with Crippen LogP contribution < -0.4 is 5.73 Å². The third-order valence-electron chi connectivity index (χ3n) is 2.73. The third kappa shape index (κ3) is 1.54. The molecule has 0 aromatic carbocycles. The second kappa shape index (κ2) is 3.30. The summed E-state index contributed by atoms with van der Waals surface area (Å²) in [5, 5.41) is 4.28. The number of anilines is 1. The third-order valence-corrected chi connectivity index (χ3v) is 2.73. The van der Waals surface area contributed by atoms with Gasteiger partial charge in [-0.15, -0.1) is 0 Å². The van der Waals surface area contributed by atoms with E-state index in [4.69, 9.17) is 5.73 Å². The Hall–Kier alpha value is -1.91. The van der Waals surface area contributed by atoms with Crippen LogP contribution in [0.15, 0.2) is 18.5 Å². The number of nitrogen functional groups attached to an aromatic ring is 1. The summed E-state index contributed by atoms with van der Waals surface area (Å²) >= 11 is 0. The summed E-state index contributed by atoms with van der Waals surface area (Å²) in [4.78, 5) is 8.68. The minimum absolute atomic E-state index is 0.526. The highest BCUT2D eigenvalue weighted by molar-refractivity contribution is 5.45. The number of hydrogen-bond acceptors (Lipinski definition) is 4. The normalized spacial score (nSPS) is 15.3. The molecule has 5 heteroatoms. The molecular weight excluding hydrogens is 202 g/mol. The quantitative estimate of drug-likeness (QED) is 0.822. The van der Waals surface area contributed by atoms with E-state index in [1.54, 1.807) is 10.9 Å². The van der Waals surface area contributed by atoms with Crippen molar-refractivity contribution in [3.05, 3.63) is 29.8 Å². The van der Waals surface area contributed by atoms with E-state index in [1.807, 2.05) is 19.2 Å². The van der Waals surface area contributed by atoms with Crippen LogP contribution >= 0.6 is 0 Å². The van der Waals surface area contributed by atoms with Crippen LogP contribution in [0.4, 0.5) is 5.69 Å². The van der Waals surface area contributed by atoms with E-state index in [0.29, 0.717) is 17.6 Å². The van der Waals surface area contributed by atoms with Gasteiger partial charge in [0.15, 0.2) is 0 Å². The van der Waals surface area contributed by atoms with Crippen molar-refractivity contribution in [1.29, 1.82) is 0 Å². The number of rotatable bonds is 2. The van der Waals surface area contributed by atoms with Crippen LogP contribution in [0.3, 0.4) is 0 Å². The van der Waals surface area contributed by atoms with Gasteiger partial charge in [-0.3, -0.25) is 0 Å². The van der Waals surface area contributed by atoms with Crippen molar-refractivity contribution in [1.82, 2.24) is 19.7 Å². The lowest BCUT2D eigenvalue weighted by molar-refractivity contribution is 0.784. The van der Waals surface area contributed by atoms with Gasteiger partial charge in [0, 0.05) is 12.1 Å². The lowest BCUT2D eigenvalue weighted by Gasteiger charge is -2.05. The van der Waals surface area contributed by atoms with Crippen molar-refractivity contribution < 1.29 is 0 Å². The Labute approximate surface area is 93.3 Å². The monoisotopic (exact) mass is 215 g/mol. The molecule has 1 aliphatic carbocycles. The summed E-state index contributed by atoms with van der Waals surface area (Å²) in [6, 6.07) is 1.93. The highest BCUT2D eigenvalue weighted by atomic mass is 15.3. The van der Waals surface area contributed by atoms with E-state index in [0.717, 1.165) is 11.4 Å². The van der Waals surface area contributed by atoms with Crippen molar-refractivity contribution in [2.75, 3.05) is 5.73 Å². The molecule has 5 nitrogen and oxygen atoms in total. The van der Waals surface area contributed by atoms with Gasteiger partial charge in [-0.25, -0.2) is 14.6 Å². The topological polar surface area (TPSA) is 69.6 Å². The molecule has 0 radical (unpaired) electrons. The molecule has 0 saturated heterocycles. The van der Waals surface area contributed by atoms with Gasteiger partial charge in [-0.05, 0) is 25.8 Å². The minimum Gasteiger partial charge on any atom is -0.396 e. The minimum atomic E-state index is 0.526. The Morgan fingerprint density at radius 3 is 2.88 bits per heavy atom. The second-order valence-electron chi connectivity index (χ2n) is 4.19. The Morgan fingerprint density at radius 2 is 2.25 bits per heavy atom. The highest BCUT2D eigenvalue weighted by Gasteiger charge is 2.27. The van der Waals surface area contributed by atoms with E-state index < -0.39 is 0 Å². The van der Waals surface area contributed by atoms with E-state index in [1.165, 1.54) is 12.8 Å². The lowest BCUT2D eigenvalue weighted by Crippen LogP contribution is -2.06. The van der Waals surface area contributed by atoms with Crippen molar-refractivity contribution >= 4 is 5.69 Å². The number of nitrogens with two attached hydrogens (primary N) is 1. The SMILES string of the molecule is Cc1ccn(-c2ncc(N)c(C3CC3)n2)n1. The molecular formula is C11H13N5. The maximum Gasteiger partial charge on any atom is 0.250 e. The molecule has 16 heavy (non-hydrogen) atoms. The van der Waals surface area contributed by atoms with Crippen molar-refractivity contribution in [2.24, 2.45) is 0 Å². The van der Waals surface area contributed by atoms with Crippen LogP contribution in [0.25, 0.3) is 5.95 Å². The molecule has 0 aliphatic heterocycles. The fourth-order valence-electron chi connectivity index (χ4n) is 1.72. The van der Waals surface area contributed by atoms with E-state index in [2.05, 4.69) is 15.1 Å². The van der Waals surface area contributed by atoms with E-state index in [-0.39, 0.29) is 0 Å². The van der Waals surface area contributed by atoms with E-state index >= 15 is 0 Å². The first-order valence-electron chi connectivity index (χ1n) is 5.39. The van der Waals surface area contributed by atoms with Crippen LogP contribution in [0, 0.1) is 6.92 Å². The van der Waals surface area contributed by atoms with Crippen molar-refractivity contribution in [3.8, 4) is 5.95 Å². The Bertz CT molecular complexity index is 527. The zero-order chi connectivity index (χ0) is 11.1. The molecule has 1 aliphatic rings. The molecule has 1 saturated carbocycles. The van der Waals surface area contributed by atoms with Gasteiger partial charge in [0.05, 0.1) is 23.3 Å². The molecule has 3 rings (SSSR count). The molecule has 2 N–H and O–H groups in total. The molecule has 2 aromatic heterocycles. The van der Waals surface area contributed by atoms with Crippen LogP contribution in [0.2, 0.25) is 0 Å². The molecule has 0 bridgehead atoms. The lowest BCUT2D eigenvalue weighted by atomic mass is 10.2. The van der Waals surface area contributed by atoms with Gasteiger partial charge in [-0.2, -0.15) is 5.10 Å². The highest BCUT2D eigenvalue weighted by Crippen LogP contribution is 2.41. The molecule has 0 amide bonds. The smallest absolute Gasteiger partial charge is 0.250 e. The van der Waals surface area contributed by atoms with Gasteiger partial charge in [0.1, 0.15) is 0 Å². The fourth-order valence-corrected chi connectivity index (χ4v) is 1.72. The predicted octanol–water partition coefficient (Wildman–Crippen LogP) is 1.43. The first-order valence-corrected chi connectivity index (χ1v) is 5.39. The van der Waals surface area contributed by atoms with Crippen LogP contribution in [0.5, 0.6) is 0 Å². The second-order valence-corrected chi connectivity index (χ2v) is 4.19. The average molecular weight is 215 g/mol. The predicted molar refractivity (Wildman–Crippen MR) is 60.3 cm³/mol. The zero-order valence-corrected chi connectivity index (χ0v) is 9.09. The number of aromatic nitrogens is 4. The van der Waals surface area contributed by atoms with Crippen LogP contribution in [0.1, 0.15) is 30.1 Å². The summed E-state index contributed by atoms with van der Waals surface area (Å²) in [5.41, 5.74) is 8.47. The van der Waals surface area contributed by atoms with Gasteiger partial charge in [0.25, 0.3) is 5.95 Å². The summed E-state index contributed by atoms with van der Waals surface area (Å²) < 4.78 is 1.68. The van der Waals surface area contributed by atoms with Gasteiger partial charge in [-0.1, -0.05) is 0 Å². The molecule has 1 fully saturated rings. The summed E-state index contributed by atoms with van der Waals surface area (Å²) in [7, 11) is 0. The van der Waals surface area contributed by atoms with E-state index in [9.17, 15) is 0 Å². The zero-order valence-electron chi connectivity index (χ0n) is 9.09. The van der Waals surface area contributed by atoms with Crippen LogP contribution in [-0.2, 0) is 0 Å². The molecule has 82 valence electrons.